The van der Waals surface area contributed by atoms with Gasteiger partial charge in [-0.3, -0.25) is 0 Å². The van der Waals surface area contributed by atoms with Gasteiger partial charge in [0.05, 0.1) is 11.5 Å². The molecule has 1 fully saturated rings. The summed E-state index contributed by atoms with van der Waals surface area (Å²) < 4.78 is 5.49. The molecule has 2 aromatic rings. The zero-order valence-electron chi connectivity index (χ0n) is 12.6. The van der Waals surface area contributed by atoms with E-state index >= 15 is 0 Å². The van der Waals surface area contributed by atoms with Crippen molar-refractivity contribution in [2.24, 2.45) is 0 Å². The molecule has 22 heavy (non-hydrogen) atoms. The molecule has 1 atom stereocenters. The van der Waals surface area contributed by atoms with Crippen LogP contribution in [0.4, 0.5) is 10.5 Å². The molecule has 3 rings (SSSR count). The maximum absolute atomic E-state index is 12.4. The SMILES string of the molecule is Cc1cccc(NC(=O)N2CCSC(c3ccco3)CC2)c1. The number of thioether (sulfide) groups is 1. The molecule has 2 heterocycles. The third kappa shape index (κ3) is 3.65. The largest absolute Gasteiger partial charge is 0.468 e. The molecular weight excluding hydrogens is 296 g/mol. The second-order valence-electron chi connectivity index (χ2n) is 5.45. The van der Waals surface area contributed by atoms with Crippen molar-refractivity contribution < 1.29 is 9.21 Å². The molecule has 0 aliphatic carbocycles. The number of hydrogen-bond donors (Lipinski definition) is 1. The molecule has 1 unspecified atom stereocenters. The van der Waals surface area contributed by atoms with Crippen LogP contribution in [0.3, 0.4) is 0 Å². The lowest BCUT2D eigenvalue weighted by Gasteiger charge is -2.20. The van der Waals surface area contributed by atoms with Crippen LogP contribution in [0.15, 0.2) is 47.1 Å². The topological polar surface area (TPSA) is 45.5 Å². The van der Waals surface area contributed by atoms with Crippen LogP contribution in [0.5, 0.6) is 0 Å². The molecular formula is C17H20N2O2S. The van der Waals surface area contributed by atoms with E-state index in [1.807, 2.05) is 60.0 Å². The summed E-state index contributed by atoms with van der Waals surface area (Å²) in [5, 5.41) is 3.32. The molecule has 4 nitrogen and oxygen atoms in total. The number of benzene rings is 1. The quantitative estimate of drug-likeness (QED) is 0.898. The summed E-state index contributed by atoms with van der Waals surface area (Å²) in [5.74, 6) is 1.93. The lowest BCUT2D eigenvalue weighted by molar-refractivity contribution is 0.214. The number of nitrogens with one attached hydrogen (secondary N) is 1. The van der Waals surface area contributed by atoms with E-state index in [-0.39, 0.29) is 6.03 Å². The minimum absolute atomic E-state index is 0.0219. The summed E-state index contributed by atoms with van der Waals surface area (Å²) in [7, 11) is 0. The van der Waals surface area contributed by atoms with E-state index in [1.165, 1.54) is 0 Å². The van der Waals surface area contributed by atoms with Gasteiger partial charge in [-0.25, -0.2) is 4.79 Å². The van der Waals surface area contributed by atoms with Crippen LogP contribution in [0.25, 0.3) is 0 Å². The van der Waals surface area contributed by atoms with Crippen LogP contribution >= 0.6 is 11.8 Å². The van der Waals surface area contributed by atoms with E-state index in [0.29, 0.717) is 5.25 Å². The van der Waals surface area contributed by atoms with E-state index in [4.69, 9.17) is 4.42 Å². The number of anilines is 1. The first kappa shape index (κ1) is 15.0. The molecule has 1 aromatic heterocycles. The van der Waals surface area contributed by atoms with Gasteiger partial charge < -0.3 is 14.6 Å². The second kappa shape index (κ2) is 6.92. The number of hydrogen-bond acceptors (Lipinski definition) is 3. The lowest BCUT2D eigenvalue weighted by atomic mass is 10.2. The van der Waals surface area contributed by atoms with Gasteiger partial charge in [0.25, 0.3) is 0 Å². The Morgan fingerprint density at radius 2 is 2.23 bits per heavy atom. The van der Waals surface area contributed by atoms with Gasteiger partial charge in [0.1, 0.15) is 5.76 Å². The first-order valence-electron chi connectivity index (χ1n) is 7.50. The first-order valence-corrected chi connectivity index (χ1v) is 8.55. The third-order valence-electron chi connectivity index (χ3n) is 3.76. The van der Waals surface area contributed by atoms with Crippen molar-refractivity contribution in [1.29, 1.82) is 0 Å². The smallest absolute Gasteiger partial charge is 0.321 e. The fraction of sp³-hybridized carbons (Fsp3) is 0.353. The van der Waals surface area contributed by atoms with Gasteiger partial charge in [-0.1, -0.05) is 12.1 Å². The van der Waals surface area contributed by atoms with Crippen molar-refractivity contribution in [3.05, 3.63) is 54.0 Å². The summed E-state index contributed by atoms with van der Waals surface area (Å²) in [4.78, 5) is 14.3. The van der Waals surface area contributed by atoms with Crippen LogP contribution in [0, 0.1) is 6.92 Å². The Bertz CT molecular complexity index is 627. The first-order chi connectivity index (χ1) is 10.7. The van der Waals surface area contributed by atoms with Gasteiger partial charge >= 0.3 is 6.03 Å². The Balaban J connectivity index is 1.59. The van der Waals surface area contributed by atoms with Crippen molar-refractivity contribution >= 4 is 23.5 Å². The minimum atomic E-state index is -0.0219. The molecule has 1 N–H and O–H groups in total. The van der Waals surface area contributed by atoms with Gasteiger partial charge in [-0.2, -0.15) is 0 Å². The lowest BCUT2D eigenvalue weighted by Crippen LogP contribution is -2.36. The number of aryl methyl sites for hydroxylation is 1. The number of carbonyl (C=O) groups is 1. The van der Waals surface area contributed by atoms with E-state index in [2.05, 4.69) is 5.32 Å². The van der Waals surface area contributed by atoms with Crippen molar-refractivity contribution in [3.63, 3.8) is 0 Å². The highest BCUT2D eigenvalue weighted by Gasteiger charge is 2.23. The summed E-state index contributed by atoms with van der Waals surface area (Å²) in [6.07, 6.45) is 2.63. The molecule has 0 bridgehead atoms. The van der Waals surface area contributed by atoms with E-state index in [1.54, 1.807) is 6.26 Å². The maximum atomic E-state index is 12.4. The average Bonchev–Trinajstić information content (AvgIpc) is 2.92. The Labute approximate surface area is 134 Å². The summed E-state index contributed by atoms with van der Waals surface area (Å²) in [5.41, 5.74) is 1.99. The summed E-state index contributed by atoms with van der Waals surface area (Å²) in [6.45, 7) is 3.53. The van der Waals surface area contributed by atoms with Crippen LogP contribution in [-0.4, -0.2) is 29.8 Å². The second-order valence-corrected chi connectivity index (χ2v) is 6.76. The Morgan fingerprint density at radius 1 is 1.32 bits per heavy atom. The van der Waals surface area contributed by atoms with Gasteiger partial charge in [0.2, 0.25) is 0 Å². The monoisotopic (exact) mass is 316 g/mol. The highest BCUT2D eigenvalue weighted by molar-refractivity contribution is 7.99. The molecule has 1 aliphatic heterocycles. The molecule has 5 heteroatoms. The van der Waals surface area contributed by atoms with Gasteiger partial charge in [0, 0.05) is 24.5 Å². The average molecular weight is 316 g/mol. The number of amides is 2. The van der Waals surface area contributed by atoms with Crippen LogP contribution in [0.2, 0.25) is 0 Å². The van der Waals surface area contributed by atoms with Gasteiger partial charge in [-0.05, 0) is 43.2 Å². The molecule has 1 aromatic carbocycles. The van der Waals surface area contributed by atoms with E-state index in [0.717, 1.165) is 42.3 Å². The predicted octanol–water partition coefficient (Wildman–Crippen LogP) is 4.30. The Hall–Kier alpha value is -1.88. The predicted molar refractivity (Wildman–Crippen MR) is 90.3 cm³/mol. The highest BCUT2D eigenvalue weighted by atomic mass is 32.2. The van der Waals surface area contributed by atoms with Crippen molar-refractivity contribution in [2.45, 2.75) is 18.6 Å². The fourth-order valence-electron chi connectivity index (χ4n) is 2.60. The fourth-order valence-corrected chi connectivity index (χ4v) is 3.78. The zero-order valence-corrected chi connectivity index (χ0v) is 13.4. The van der Waals surface area contributed by atoms with Crippen molar-refractivity contribution in [3.8, 4) is 0 Å². The minimum Gasteiger partial charge on any atom is -0.468 e. The van der Waals surface area contributed by atoms with Crippen LogP contribution in [-0.2, 0) is 0 Å². The van der Waals surface area contributed by atoms with E-state index in [9.17, 15) is 4.79 Å². The molecule has 0 radical (unpaired) electrons. The maximum Gasteiger partial charge on any atom is 0.321 e. The molecule has 2 amide bonds. The molecule has 1 aliphatic rings. The van der Waals surface area contributed by atoms with Gasteiger partial charge in [-0.15, -0.1) is 11.8 Å². The number of nitrogens with zero attached hydrogens (tertiary/aromatic N) is 1. The third-order valence-corrected chi connectivity index (χ3v) is 5.05. The van der Waals surface area contributed by atoms with Crippen LogP contribution < -0.4 is 5.32 Å². The van der Waals surface area contributed by atoms with Crippen molar-refractivity contribution in [1.82, 2.24) is 4.90 Å². The normalized spacial score (nSPS) is 18.8. The number of urea groups is 1. The standard InChI is InChI=1S/C17H20N2O2S/c1-13-4-2-5-14(12-13)18-17(20)19-8-7-16(22-11-9-19)15-6-3-10-21-15/h2-6,10,12,16H,7-9,11H2,1H3,(H,18,20). The summed E-state index contributed by atoms with van der Waals surface area (Å²) >= 11 is 1.86. The number of rotatable bonds is 2. The van der Waals surface area contributed by atoms with E-state index < -0.39 is 0 Å². The Morgan fingerprint density at radius 3 is 3.00 bits per heavy atom. The number of carbonyl (C=O) groups excluding carboxylic acids is 1. The number of furan rings is 1. The molecule has 116 valence electrons. The zero-order chi connectivity index (χ0) is 15.4. The van der Waals surface area contributed by atoms with Crippen LogP contribution in [0.1, 0.15) is 23.0 Å². The molecule has 0 spiro atoms. The van der Waals surface area contributed by atoms with Crippen molar-refractivity contribution in [2.75, 3.05) is 24.2 Å². The molecule has 1 saturated heterocycles. The Kier molecular flexibility index (Phi) is 4.73. The summed E-state index contributed by atoms with van der Waals surface area (Å²) in [6, 6.07) is 11.8. The molecule has 0 saturated carbocycles. The van der Waals surface area contributed by atoms with Gasteiger partial charge in [0.15, 0.2) is 0 Å². The highest BCUT2D eigenvalue weighted by Crippen LogP contribution is 2.34.